The lowest BCUT2D eigenvalue weighted by molar-refractivity contribution is -0.134. The maximum Gasteiger partial charge on any atom is 0.222 e. The first-order valence-electron chi connectivity index (χ1n) is 8.56. The number of nitrogens with zero attached hydrogens (tertiary/aromatic N) is 1. The Kier molecular flexibility index (Phi) is 7.92. The van der Waals surface area contributed by atoms with Gasteiger partial charge in [-0.3, -0.25) is 4.79 Å². The van der Waals surface area contributed by atoms with E-state index in [2.05, 4.69) is 13.8 Å². The summed E-state index contributed by atoms with van der Waals surface area (Å²) in [5.74, 6) is 0.737. The molecule has 0 saturated carbocycles. The van der Waals surface area contributed by atoms with E-state index < -0.39 is 9.84 Å². The van der Waals surface area contributed by atoms with Gasteiger partial charge in [0.1, 0.15) is 5.75 Å². The van der Waals surface area contributed by atoms with Crippen LogP contribution in [0.3, 0.4) is 0 Å². The van der Waals surface area contributed by atoms with Gasteiger partial charge in [-0.2, -0.15) is 0 Å². The Morgan fingerprint density at radius 3 is 2.46 bits per heavy atom. The monoisotopic (exact) mass is 404 g/mol. The number of benzene rings is 1. The fourth-order valence-corrected chi connectivity index (χ4v) is 3.57. The molecule has 148 valence electrons. The van der Waals surface area contributed by atoms with Crippen LogP contribution >= 0.6 is 12.4 Å². The minimum Gasteiger partial charge on any atom is -0.494 e. The first-order valence-corrected chi connectivity index (χ1v) is 10.4. The lowest BCUT2D eigenvalue weighted by Crippen LogP contribution is -2.54. The van der Waals surface area contributed by atoms with Crippen molar-refractivity contribution in [3.05, 3.63) is 24.3 Å². The molecular weight excluding hydrogens is 376 g/mol. The molecule has 6 nitrogen and oxygen atoms in total. The summed E-state index contributed by atoms with van der Waals surface area (Å²) in [4.78, 5) is 14.5. The van der Waals surface area contributed by atoms with Crippen molar-refractivity contribution in [3.63, 3.8) is 0 Å². The zero-order valence-electron chi connectivity index (χ0n) is 15.6. The zero-order valence-corrected chi connectivity index (χ0v) is 17.2. The summed E-state index contributed by atoms with van der Waals surface area (Å²) in [6.07, 6.45) is 3.06. The van der Waals surface area contributed by atoms with Crippen LogP contribution in [0.25, 0.3) is 0 Å². The standard InChI is InChI=1S/C18H28N2O4S.ClH/c1-18(2)13-20(11-10-16(18)19)17(21)5-4-12-24-14-6-8-15(9-7-14)25(3,22)23;/h6-9,16H,4-5,10-13,19H2,1-3H3;1H. The topological polar surface area (TPSA) is 89.7 Å². The van der Waals surface area contributed by atoms with E-state index in [-0.39, 0.29) is 34.7 Å². The maximum atomic E-state index is 12.3. The Morgan fingerprint density at radius 1 is 1.31 bits per heavy atom. The smallest absolute Gasteiger partial charge is 0.222 e. The number of hydrogen-bond acceptors (Lipinski definition) is 5. The SMILES string of the molecule is CC1(C)CN(C(=O)CCCOc2ccc(S(C)(=O)=O)cc2)CCC1N.Cl. The van der Waals surface area contributed by atoms with Crippen molar-refractivity contribution in [1.29, 1.82) is 0 Å². The number of amides is 1. The molecule has 1 amide bonds. The summed E-state index contributed by atoms with van der Waals surface area (Å²) >= 11 is 0. The summed E-state index contributed by atoms with van der Waals surface area (Å²) in [5, 5.41) is 0. The molecule has 1 saturated heterocycles. The third-order valence-electron chi connectivity index (χ3n) is 4.72. The molecule has 8 heteroatoms. The van der Waals surface area contributed by atoms with Crippen molar-refractivity contribution < 1.29 is 17.9 Å². The van der Waals surface area contributed by atoms with Gasteiger partial charge in [-0.15, -0.1) is 12.4 Å². The van der Waals surface area contributed by atoms with Gasteiger partial charge >= 0.3 is 0 Å². The van der Waals surface area contributed by atoms with Crippen LogP contribution in [0.5, 0.6) is 5.75 Å². The van der Waals surface area contributed by atoms with Crippen molar-refractivity contribution >= 4 is 28.2 Å². The minimum absolute atomic E-state index is 0. The van der Waals surface area contributed by atoms with Crippen molar-refractivity contribution in [3.8, 4) is 5.75 Å². The van der Waals surface area contributed by atoms with E-state index in [1.54, 1.807) is 12.1 Å². The number of sulfone groups is 1. The van der Waals surface area contributed by atoms with Crippen molar-refractivity contribution in [2.24, 2.45) is 11.1 Å². The molecule has 0 aliphatic carbocycles. The van der Waals surface area contributed by atoms with E-state index in [0.717, 1.165) is 13.0 Å². The number of nitrogens with two attached hydrogens (primary N) is 1. The minimum atomic E-state index is -3.20. The molecule has 2 rings (SSSR count). The van der Waals surface area contributed by atoms with Crippen LogP contribution in [0.4, 0.5) is 0 Å². The van der Waals surface area contributed by atoms with Crippen LogP contribution in [-0.4, -0.2) is 51.2 Å². The second kappa shape index (κ2) is 9.06. The second-order valence-electron chi connectivity index (χ2n) is 7.39. The van der Waals surface area contributed by atoms with Gasteiger partial charge in [0.25, 0.3) is 0 Å². The maximum absolute atomic E-state index is 12.3. The number of carbonyl (C=O) groups is 1. The molecule has 0 radical (unpaired) electrons. The predicted molar refractivity (Wildman–Crippen MR) is 104 cm³/mol. The van der Waals surface area contributed by atoms with Gasteiger partial charge in [-0.05, 0) is 42.5 Å². The Morgan fingerprint density at radius 2 is 1.92 bits per heavy atom. The Hall–Kier alpha value is -1.31. The lowest BCUT2D eigenvalue weighted by Gasteiger charge is -2.42. The van der Waals surface area contributed by atoms with Gasteiger partial charge in [0.05, 0.1) is 11.5 Å². The number of likely N-dealkylation sites (tertiary alicyclic amines) is 1. The average Bonchev–Trinajstić information content (AvgIpc) is 2.53. The Bertz CT molecular complexity index is 704. The predicted octanol–water partition coefficient (Wildman–Crippen LogP) is 2.26. The lowest BCUT2D eigenvalue weighted by atomic mass is 9.79. The van der Waals surface area contributed by atoms with Gasteiger partial charge < -0.3 is 15.4 Å². The molecule has 0 spiro atoms. The van der Waals surface area contributed by atoms with Crippen LogP contribution in [0.1, 0.15) is 33.1 Å². The Balaban J connectivity index is 0.00000338. The highest BCUT2D eigenvalue weighted by Gasteiger charge is 2.34. The van der Waals surface area contributed by atoms with E-state index in [4.69, 9.17) is 10.5 Å². The molecule has 2 N–H and O–H groups in total. The van der Waals surface area contributed by atoms with Gasteiger partial charge in [-0.25, -0.2) is 8.42 Å². The fourth-order valence-electron chi connectivity index (χ4n) is 2.94. The van der Waals surface area contributed by atoms with E-state index in [9.17, 15) is 13.2 Å². The van der Waals surface area contributed by atoms with Gasteiger partial charge in [0, 0.05) is 31.8 Å². The summed E-state index contributed by atoms with van der Waals surface area (Å²) in [7, 11) is -3.20. The third-order valence-corrected chi connectivity index (χ3v) is 5.85. The molecular formula is C18H29ClN2O4S. The average molecular weight is 405 g/mol. The largest absolute Gasteiger partial charge is 0.494 e. The number of piperidine rings is 1. The van der Waals surface area contributed by atoms with Crippen LogP contribution in [0, 0.1) is 5.41 Å². The van der Waals surface area contributed by atoms with Crippen molar-refractivity contribution in [1.82, 2.24) is 4.90 Å². The van der Waals surface area contributed by atoms with Crippen LogP contribution in [-0.2, 0) is 14.6 Å². The van der Waals surface area contributed by atoms with Crippen LogP contribution in [0.2, 0.25) is 0 Å². The summed E-state index contributed by atoms with van der Waals surface area (Å²) in [5.41, 5.74) is 6.05. The highest BCUT2D eigenvalue weighted by molar-refractivity contribution is 7.90. The molecule has 1 aromatic rings. The highest BCUT2D eigenvalue weighted by atomic mass is 35.5. The molecule has 1 fully saturated rings. The first kappa shape index (κ1) is 22.7. The summed E-state index contributed by atoms with van der Waals surface area (Å²) in [6, 6.07) is 6.44. The molecule has 1 aliphatic heterocycles. The quantitative estimate of drug-likeness (QED) is 0.734. The fraction of sp³-hybridized carbons (Fsp3) is 0.611. The zero-order chi connectivity index (χ0) is 18.7. The molecule has 1 atom stereocenters. The van der Waals surface area contributed by atoms with Crippen LogP contribution in [0.15, 0.2) is 29.2 Å². The van der Waals surface area contributed by atoms with Gasteiger partial charge in [0.2, 0.25) is 5.91 Å². The van der Waals surface area contributed by atoms with E-state index in [0.29, 0.717) is 31.7 Å². The number of rotatable bonds is 6. The normalized spacial score (nSPS) is 19.5. The highest BCUT2D eigenvalue weighted by Crippen LogP contribution is 2.28. The number of halogens is 1. The first-order chi connectivity index (χ1) is 11.6. The second-order valence-corrected chi connectivity index (χ2v) is 9.41. The molecule has 1 aromatic carbocycles. The molecule has 0 aromatic heterocycles. The van der Waals surface area contributed by atoms with Crippen molar-refractivity contribution in [2.75, 3.05) is 26.0 Å². The third kappa shape index (κ3) is 6.14. The Labute approximate surface area is 162 Å². The van der Waals surface area contributed by atoms with Crippen LogP contribution < -0.4 is 10.5 Å². The molecule has 1 heterocycles. The molecule has 1 unspecified atom stereocenters. The number of hydrogen-bond donors (Lipinski definition) is 1. The summed E-state index contributed by atoms with van der Waals surface area (Å²) in [6.45, 7) is 6.03. The van der Waals surface area contributed by atoms with E-state index in [1.807, 2.05) is 4.90 Å². The molecule has 26 heavy (non-hydrogen) atoms. The summed E-state index contributed by atoms with van der Waals surface area (Å²) < 4.78 is 28.4. The van der Waals surface area contributed by atoms with Crippen molar-refractivity contribution in [2.45, 2.75) is 44.0 Å². The van der Waals surface area contributed by atoms with Gasteiger partial charge in [0.15, 0.2) is 9.84 Å². The number of ether oxygens (including phenoxy) is 1. The molecule has 0 bridgehead atoms. The molecule has 1 aliphatic rings. The van der Waals surface area contributed by atoms with E-state index in [1.165, 1.54) is 18.4 Å². The van der Waals surface area contributed by atoms with Gasteiger partial charge in [-0.1, -0.05) is 13.8 Å². The van der Waals surface area contributed by atoms with E-state index >= 15 is 0 Å². The number of carbonyl (C=O) groups excluding carboxylic acids is 1.